The predicted octanol–water partition coefficient (Wildman–Crippen LogP) is 1.55. The molecule has 18 heavy (non-hydrogen) atoms. The molecule has 4 nitrogen and oxygen atoms in total. The molecule has 0 unspecified atom stereocenters. The van der Waals surface area contributed by atoms with E-state index in [2.05, 4.69) is 12.2 Å². The summed E-state index contributed by atoms with van der Waals surface area (Å²) < 4.78 is 5.22. The van der Waals surface area contributed by atoms with E-state index in [-0.39, 0.29) is 5.91 Å². The van der Waals surface area contributed by atoms with Gasteiger partial charge in [-0.3, -0.25) is 4.79 Å². The van der Waals surface area contributed by atoms with Gasteiger partial charge in [0.25, 0.3) is 5.91 Å². The number of aryl methyl sites for hydroxylation is 1. The van der Waals surface area contributed by atoms with Gasteiger partial charge in [0.1, 0.15) is 5.75 Å². The van der Waals surface area contributed by atoms with Gasteiger partial charge in [-0.05, 0) is 38.2 Å². The van der Waals surface area contributed by atoms with Gasteiger partial charge in [-0.25, -0.2) is 0 Å². The maximum absolute atomic E-state index is 12.1. The molecule has 0 aliphatic carbocycles. The van der Waals surface area contributed by atoms with Crippen LogP contribution >= 0.6 is 0 Å². The standard InChI is InChI=1S/C14H22N2O2/c1-5-11-6-7-13(18-4)12(10-11)14(17)15-8-9-16(2)3/h6-7,10H,5,8-9H2,1-4H3,(H,15,17). The van der Waals surface area contributed by atoms with Crippen molar-refractivity contribution >= 4 is 5.91 Å². The molecule has 0 saturated carbocycles. The number of carbonyl (C=O) groups excluding carboxylic acids is 1. The first-order valence-corrected chi connectivity index (χ1v) is 6.18. The molecule has 0 spiro atoms. The summed E-state index contributed by atoms with van der Waals surface area (Å²) in [5.74, 6) is 0.540. The quantitative estimate of drug-likeness (QED) is 0.833. The number of likely N-dealkylation sites (N-methyl/N-ethyl adjacent to an activating group) is 1. The number of carbonyl (C=O) groups is 1. The molecular weight excluding hydrogens is 228 g/mol. The minimum Gasteiger partial charge on any atom is -0.496 e. The molecule has 0 aliphatic rings. The van der Waals surface area contributed by atoms with Crippen LogP contribution in [0, 0.1) is 0 Å². The number of benzene rings is 1. The lowest BCUT2D eigenvalue weighted by molar-refractivity contribution is 0.0948. The molecule has 4 heteroatoms. The molecule has 0 saturated heterocycles. The molecule has 1 amide bonds. The number of methoxy groups -OCH3 is 1. The van der Waals surface area contributed by atoms with E-state index in [1.807, 2.05) is 37.2 Å². The van der Waals surface area contributed by atoms with Crippen LogP contribution < -0.4 is 10.1 Å². The Balaban J connectivity index is 2.76. The third-order valence-electron chi connectivity index (χ3n) is 2.76. The van der Waals surface area contributed by atoms with Crippen LogP contribution in [0.25, 0.3) is 0 Å². The summed E-state index contributed by atoms with van der Waals surface area (Å²) in [5.41, 5.74) is 1.74. The highest BCUT2D eigenvalue weighted by Crippen LogP contribution is 2.20. The highest BCUT2D eigenvalue weighted by molar-refractivity contribution is 5.97. The van der Waals surface area contributed by atoms with Gasteiger partial charge in [0.05, 0.1) is 12.7 Å². The van der Waals surface area contributed by atoms with E-state index in [4.69, 9.17) is 4.74 Å². The third-order valence-corrected chi connectivity index (χ3v) is 2.76. The minimum absolute atomic E-state index is 0.0796. The second-order valence-electron chi connectivity index (χ2n) is 4.45. The molecule has 0 fully saturated rings. The topological polar surface area (TPSA) is 41.6 Å². The number of hydrogen-bond acceptors (Lipinski definition) is 3. The largest absolute Gasteiger partial charge is 0.496 e. The Morgan fingerprint density at radius 1 is 1.39 bits per heavy atom. The molecule has 0 aromatic heterocycles. The molecule has 0 radical (unpaired) electrons. The van der Waals surface area contributed by atoms with Gasteiger partial charge in [0, 0.05) is 13.1 Å². The second-order valence-corrected chi connectivity index (χ2v) is 4.45. The van der Waals surface area contributed by atoms with Gasteiger partial charge in [-0.15, -0.1) is 0 Å². The Morgan fingerprint density at radius 2 is 2.11 bits per heavy atom. The van der Waals surface area contributed by atoms with Crippen molar-refractivity contribution in [1.82, 2.24) is 10.2 Å². The zero-order valence-corrected chi connectivity index (χ0v) is 11.6. The van der Waals surface area contributed by atoms with Gasteiger partial charge in [0.2, 0.25) is 0 Å². The maximum Gasteiger partial charge on any atom is 0.255 e. The van der Waals surface area contributed by atoms with Gasteiger partial charge in [-0.2, -0.15) is 0 Å². The molecule has 0 aliphatic heterocycles. The van der Waals surface area contributed by atoms with Crippen LogP contribution in [0.1, 0.15) is 22.8 Å². The van der Waals surface area contributed by atoms with Crippen molar-refractivity contribution in [2.75, 3.05) is 34.3 Å². The summed E-state index contributed by atoms with van der Waals surface area (Å²) in [6.07, 6.45) is 0.905. The molecule has 1 aromatic carbocycles. The highest BCUT2D eigenvalue weighted by Gasteiger charge is 2.12. The summed E-state index contributed by atoms with van der Waals surface area (Å²) in [4.78, 5) is 14.1. The van der Waals surface area contributed by atoms with Crippen LogP contribution in [0.2, 0.25) is 0 Å². The van der Waals surface area contributed by atoms with Gasteiger partial charge >= 0.3 is 0 Å². The summed E-state index contributed by atoms with van der Waals surface area (Å²) >= 11 is 0. The number of hydrogen-bond donors (Lipinski definition) is 1. The Kier molecular flexibility index (Phi) is 5.65. The van der Waals surface area contributed by atoms with Crippen molar-refractivity contribution in [3.8, 4) is 5.75 Å². The fourth-order valence-corrected chi connectivity index (χ4v) is 1.64. The molecule has 0 heterocycles. The van der Waals surface area contributed by atoms with Gasteiger partial charge in [0.15, 0.2) is 0 Å². The van der Waals surface area contributed by atoms with Crippen molar-refractivity contribution in [2.24, 2.45) is 0 Å². The molecule has 0 atom stereocenters. The first-order chi connectivity index (χ1) is 8.58. The van der Waals surface area contributed by atoms with E-state index >= 15 is 0 Å². The van der Waals surface area contributed by atoms with Crippen molar-refractivity contribution < 1.29 is 9.53 Å². The van der Waals surface area contributed by atoms with E-state index in [0.29, 0.717) is 17.9 Å². The molecule has 0 bridgehead atoms. The van der Waals surface area contributed by atoms with Crippen molar-refractivity contribution in [2.45, 2.75) is 13.3 Å². The van der Waals surface area contributed by atoms with E-state index in [1.165, 1.54) is 0 Å². The average molecular weight is 250 g/mol. The van der Waals surface area contributed by atoms with Crippen LogP contribution in [-0.2, 0) is 6.42 Å². The Bertz CT molecular complexity index is 403. The lowest BCUT2D eigenvalue weighted by Crippen LogP contribution is -2.31. The van der Waals surface area contributed by atoms with E-state index in [1.54, 1.807) is 7.11 Å². The van der Waals surface area contributed by atoms with E-state index in [9.17, 15) is 4.79 Å². The number of nitrogens with one attached hydrogen (secondary N) is 1. The van der Waals surface area contributed by atoms with E-state index in [0.717, 1.165) is 18.5 Å². The molecule has 1 N–H and O–H groups in total. The fraction of sp³-hybridized carbons (Fsp3) is 0.500. The predicted molar refractivity (Wildman–Crippen MR) is 73.3 cm³/mol. The molecule has 1 rings (SSSR count). The van der Waals surface area contributed by atoms with Crippen LogP contribution in [-0.4, -0.2) is 45.1 Å². The highest BCUT2D eigenvalue weighted by atomic mass is 16.5. The van der Waals surface area contributed by atoms with Crippen molar-refractivity contribution in [3.05, 3.63) is 29.3 Å². The minimum atomic E-state index is -0.0796. The smallest absolute Gasteiger partial charge is 0.255 e. The average Bonchev–Trinajstić information content (AvgIpc) is 2.37. The summed E-state index contributed by atoms with van der Waals surface area (Å²) in [6, 6.07) is 5.72. The fourth-order valence-electron chi connectivity index (χ4n) is 1.64. The molecule has 1 aromatic rings. The lowest BCUT2D eigenvalue weighted by Gasteiger charge is -2.13. The number of nitrogens with zero attached hydrogens (tertiary/aromatic N) is 1. The third kappa shape index (κ3) is 4.04. The van der Waals surface area contributed by atoms with Crippen molar-refractivity contribution in [1.29, 1.82) is 0 Å². The van der Waals surface area contributed by atoms with Crippen molar-refractivity contribution in [3.63, 3.8) is 0 Å². The summed E-state index contributed by atoms with van der Waals surface area (Å²) in [5, 5.41) is 2.90. The van der Waals surface area contributed by atoms with E-state index < -0.39 is 0 Å². The summed E-state index contributed by atoms with van der Waals surface area (Å²) in [6.45, 7) is 3.52. The van der Waals surface area contributed by atoms with Crippen LogP contribution in [0.3, 0.4) is 0 Å². The Morgan fingerprint density at radius 3 is 2.67 bits per heavy atom. The Labute approximate surface area is 109 Å². The first-order valence-electron chi connectivity index (χ1n) is 6.18. The molecule has 100 valence electrons. The Hall–Kier alpha value is -1.55. The van der Waals surface area contributed by atoms with Gasteiger partial charge < -0.3 is 15.0 Å². The van der Waals surface area contributed by atoms with Crippen LogP contribution in [0.15, 0.2) is 18.2 Å². The first kappa shape index (κ1) is 14.5. The maximum atomic E-state index is 12.1. The van der Waals surface area contributed by atoms with Gasteiger partial charge in [-0.1, -0.05) is 13.0 Å². The second kappa shape index (κ2) is 7.01. The zero-order valence-electron chi connectivity index (χ0n) is 11.6. The number of ether oxygens (including phenoxy) is 1. The van der Waals surface area contributed by atoms with Crippen LogP contribution in [0.4, 0.5) is 0 Å². The summed E-state index contributed by atoms with van der Waals surface area (Å²) in [7, 11) is 5.53. The van der Waals surface area contributed by atoms with Crippen LogP contribution in [0.5, 0.6) is 5.75 Å². The lowest BCUT2D eigenvalue weighted by atomic mass is 10.1. The normalized spacial score (nSPS) is 10.5. The number of amides is 1. The number of rotatable bonds is 6. The monoisotopic (exact) mass is 250 g/mol. The molecular formula is C14H22N2O2. The SMILES string of the molecule is CCc1ccc(OC)c(C(=O)NCCN(C)C)c1. The zero-order chi connectivity index (χ0) is 13.5.